The van der Waals surface area contributed by atoms with Crippen molar-refractivity contribution in [1.82, 2.24) is 14.2 Å². The predicted molar refractivity (Wildman–Crippen MR) is 155 cm³/mol. The molecule has 1 aliphatic rings. The average molecular weight is 575 g/mol. The second kappa shape index (κ2) is 13.1. The van der Waals surface area contributed by atoms with Gasteiger partial charge in [0.05, 0.1) is 28.8 Å². The quantitative estimate of drug-likeness (QED) is 0.315. The number of nitrogens with zero attached hydrogens (tertiary/aromatic N) is 4. The molecule has 0 saturated carbocycles. The van der Waals surface area contributed by atoms with E-state index in [1.165, 1.54) is 15.6 Å². The van der Waals surface area contributed by atoms with Gasteiger partial charge >= 0.3 is 0 Å². The molecule has 0 atom stereocenters. The number of benzene rings is 2. The molecule has 2 heterocycles. The molecule has 1 aliphatic heterocycles. The van der Waals surface area contributed by atoms with Gasteiger partial charge in [0.15, 0.2) is 5.13 Å². The van der Waals surface area contributed by atoms with E-state index in [1.54, 1.807) is 31.4 Å². The summed E-state index contributed by atoms with van der Waals surface area (Å²) in [6.07, 6.45) is 0.935. The molecule has 9 nitrogen and oxygen atoms in total. The first-order chi connectivity index (χ1) is 18.8. The number of thiazole rings is 1. The number of ether oxygens (including phenoxy) is 2. The van der Waals surface area contributed by atoms with Crippen molar-refractivity contribution in [2.45, 2.75) is 38.5 Å². The molecule has 0 bridgehead atoms. The Morgan fingerprint density at radius 2 is 1.69 bits per heavy atom. The van der Waals surface area contributed by atoms with Crippen LogP contribution in [0.3, 0.4) is 0 Å². The van der Waals surface area contributed by atoms with Gasteiger partial charge in [-0.05, 0) is 75.3 Å². The summed E-state index contributed by atoms with van der Waals surface area (Å²) in [5.74, 6) is 1.13. The van der Waals surface area contributed by atoms with Crippen LogP contribution in [0.25, 0.3) is 10.2 Å². The molecule has 1 fully saturated rings. The summed E-state index contributed by atoms with van der Waals surface area (Å²) in [5.41, 5.74) is 0.833. The van der Waals surface area contributed by atoms with Gasteiger partial charge in [-0.1, -0.05) is 25.2 Å². The molecule has 1 amide bonds. The maximum absolute atomic E-state index is 13.9. The number of rotatable bonds is 12. The topological polar surface area (TPSA) is 92.3 Å². The molecular formula is C28H38N4O5S2. The van der Waals surface area contributed by atoms with Crippen molar-refractivity contribution >= 4 is 42.6 Å². The molecule has 0 aliphatic carbocycles. The number of likely N-dealkylation sites (N-methyl/N-ethyl adjacent to an activating group) is 1. The van der Waals surface area contributed by atoms with Gasteiger partial charge in [-0.2, -0.15) is 4.31 Å². The summed E-state index contributed by atoms with van der Waals surface area (Å²) >= 11 is 1.49. The summed E-state index contributed by atoms with van der Waals surface area (Å²) in [5, 5.41) is 0.670. The van der Waals surface area contributed by atoms with E-state index in [9.17, 15) is 13.2 Å². The third-order valence-corrected chi connectivity index (χ3v) is 10.1. The Balaban J connectivity index is 1.51. The van der Waals surface area contributed by atoms with Crippen molar-refractivity contribution < 1.29 is 22.7 Å². The van der Waals surface area contributed by atoms with Gasteiger partial charge in [0.25, 0.3) is 0 Å². The number of aromatic nitrogens is 1. The minimum atomic E-state index is -3.64. The van der Waals surface area contributed by atoms with E-state index < -0.39 is 10.0 Å². The van der Waals surface area contributed by atoms with Crippen molar-refractivity contribution in [2.75, 3.05) is 57.9 Å². The number of sulfonamides is 1. The number of hydrogen-bond donors (Lipinski definition) is 0. The molecule has 1 saturated heterocycles. The number of anilines is 1. The molecule has 0 N–H and O–H groups in total. The number of piperidine rings is 1. The summed E-state index contributed by atoms with van der Waals surface area (Å²) < 4.78 is 39.6. The fraction of sp³-hybridized carbons (Fsp3) is 0.500. The summed E-state index contributed by atoms with van der Waals surface area (Å²) in [6.45, 7) is 10.4. The van der Waals surface area contributed by atoms with Gasteiger partial charge in [0.2, 0.25) is 15.9 Å². The van der Waals surface area contributed by atoms with Gasteiger partial charge in [-0.25, -0.2) is 13.4 Å². The standard InChI is InChI=1S/C28H38N4O5S2/c1-5-30(6-2)18-19-32(28-29-25-13-10-23(37-7-3)20-26(25)38-28)27(33)21-14-16-31(17-15-21)39(34,35)24-11-8-22(36-4)9-12-24/h8-13,20-21H,5-7,14-19H2,1-4H3. The predicted octanol–water partition coefficient (Wildman–Crippen LogP) is 4.48. The molecule has 3 aromatic rings. The first-order valence-corrected chi connectivity index (χ1v) is 15.8. The lowest BCUT2D eigenvalue weighted by Crippen LogP contribution is -2.46. The van der Waals surface area contributed by atoms with Crippen LogP contribution in [0.4, 0.5) is 5.13 Å². The number of methoxy groups -OCH3 is 1. The Bertz CT molecular complexity index is 1350. The van der Waals surface area contributed by atoms with Crippen LogP contribution in [-0.4, -0.2) is 81.5 Å². The first-order valence-electron chi connectivity index (χ1n) is 13.5. The van der Waals surface area contributed by atoms with Crippen LogP contribution in [-0.2, 0) is 14.8 Å². The monoisotopic (exact) mass is 574 g/mol. The van der Waals surface area contributed by atoms with Crippen LogP contribution >= 0.6 is 11.3 Å². The maximum atomic E-state index is 13.9. The van der Waals surface area contributed by atoms with E-state index in [-0.39, 0.29) is 16.7 Å². The second-order valence-electron chi connectivity index (χ2n) is 9.43. The number of carbonyl (C=O) groups excluding carboxylic acids is 1. The lowest BCUT2D eigenvalue weighted by Gasteiger charge is -2.33. The fourth-order valence-electron chi connectivity index (χ4n) is 4.81. The van der Waals surface area contributed by atoms with Crippen LogP contribution in [0.15, 0.2) is 47.4 Å². The Morgan fingerprint density at radius 1 is 1.03 bits per heavy atom. The first kappa shape index (κ1) is 29.3. The van der Waals surface area contributed by atoms with Crippen LogP contribution in [0, 0.1) is 5.92 Å². The third kappa shape index (κ3) is 6.71. The number of carbonyl (C=O) groups is 1. The smallest absolute Gasteiger partial charge is 0.243 e. The highest BCUT2D eigenvalue weighted by atomic mass is 32.2. The molecule has 4 rings (SSSR count). The molecule has 0 spiro atoms. The van der Waals surface area contributed by atoms with E-state index in [4.69, 9.17) is 14.5 Å². The van der Waals surface area contributed by atoms with E-state index in [0.29, 0.717) is 50.0 Å². The molecular weight excluding hydrogens is 536 g/mol. The average Bonchev–Trinajstić information content (AvgIpc) is 3.38. The lowest BCUT2D eigenvalue weighted by atomic mass is 9.96. The normalized spacial score (nSPS) is 15.1. The summed E-state index contributed by atoms with van der Waals surface area (Å²) in [6, 6.07) is 12.2. The zero-order valence-corrected chi connectivity index (χ0v) is 24.8. The van der Waals surface area contributed by atoms with Gasteiger partial charge in [-0.3, -0.25) is 9.69 Å². The highest BCUT2D eigenvalue weighted by Crippen LogP contribution is 2.34. The molecule has 1 aromatic heterocycles. The van der Waals surface area contributed by atoms with Crippen LogP contribution < -0.4 is 14.4 Å². The molecule has 212 valence electrons. The Kier molecular flexibility index (Phi) is 9.81. The maximum Gasteiger partial charge on any atom is 0.243 e. The van der Waals surface area contributed by atoms with Crippen molar-refractivity contribution in [3.8, 4) is 11.5 Å². The zero-order valence-electron chi connectivity index (χ0n) is 23.1. The van der Waals surface area contributed by atoms with Crippen LogP contribution in [0.2, 0.25) is 0 Å². The van der Waals surface area contributed by atoms with Crippen molar-refractivity contribution in [3.63, 3.8) is 0 Å². The number of amides is 1. The van der Waals surface area contributed by atoms with Gasteiger partial charge in [-0.15, -0.1) is 0 Å². The van der Waals surface area contributed by atoms with Crippen LogP contribution in [0.5, 0.6) is 11.5 Å². The summed E-state index contributed by atoms with van der Waals surface area (Å²) in [4.78, 5) is 23.0. The Hall–Kier alpha value is -2.73. The zero-order chi connectivity index (χ0) is 28.0. The number of hydrogen-bond acceptors (Lipinski definition) is 8. The van der Waals surface area contributed by atoms with Gasteiger partial charge in [0, 0.05) is 32.1 Å². The lowest BCUT2D eigenvalue weighted by molar-refractivity contribution is -0.123. The molecule has 2 aromatic carbocycles. The molecule has 39 heavy (non-hydrogen) atoms. The van der Waals surface area contributed by atoms with E-state index in [1.807, 2.05) is 30.0 Å². The van der Waals surface area contributed by atoms with E-state index in [0.717, 1.165) is 35.6 Å². The van der Waals surface area contributed by atoms with E-state index in [2.05, 4.69) is 18.7 Å². The van der Waals surface area contributed by atoms with E-state index >= 15 is 0 Å². The minimum Gasteiger partial charge on any atom is -0.497 e. The Morgan fingerprint density at radius 3 is 2.31 bits per heavy atom. The number of fused-ring (bicyclic) bond motifs is 1. The minimum absolute atomic E-state index is 0.00717. The highest BCUT2D eigenvalue weighted by molar-refractivity contribution is 7.89. The highest BCUT2D eigenvalue weighted by Gasteiger charge is 2.35. The summed E-state index contributed by atoms with van der Waals surface area (Å²) in [7, 11) is -2.09. The second-order valence-corrected chi connectivity index (χ2v) is 12.4. The SMILES string of the molecule is CCOc1ccc2nc(N(CCN(CC)CC)C(=O)C3CCN(S(=O)(=O)c4ccc(OC)cc4)CC3)sc2c1. The van der Waals surface area contributed by atoms with Gasteiger partial charge < -0.3 is 14.4 Å². The fourth-order valence-corrected chi connectivity index (χ4v) is 7.30. The van der Waals surface area contributed by atoms with Crippen molar-refractivity contribution in [2.24, 2.45) is 5.92 Å². The van der Waals surface area contributed by atoms with Crippen LogP contribution in [0.1, 0.15) is 33.6 Å². The largest absolute Gasteiger partial charge is 0.497 e. The Labute approximate surface area is 235 Å². The molecule has 0 radical (unpaired) electrons. The molecule has 0 unspecified atom stereocenters. The van der Waals surface area contributed by atoms with Gasteiger partial charge in [0.1, 0.15) is 11.5 Å². The van der Waals surface area contributed by atoms with Crippen molar-refractivity contribution in [3.05, 3.63) is 42.5 Å². The van der Waals surface area contributed by atoms with Crippen molar-refractivity contribution in [1.29, 1.82) is 0 Å². The third-order valence-electron chi connectivity index (χ3n) is 7.19. The molecule has 11 heteroatoms.